The number of fused-ring (bicyclic) bond motifs is 1. The van der Waals surface area contributed by atoms with Gasteiger partial charge in [-0.15, -0.1) is 0 Å². The predicted octanol–water partition coefficient (Wildman–Crippen LogP) is 3.20. The van der Waals surface area contributed by atoms with E-state index in [1.165, 1.54) is 0 Å². The van der Waals surface area contributed by atoms with Crippen LogP contribution in [0.5, 0.6) is 0 Å². The van der Waals surface area contributed by atoms with Gasteiger partial charge < -0.3 is 30.5 Å². The van der Waals surface area contributed by atoms with Crippen LogP contribution in [0, 0.1) is 33.5 Å². The summed E-state index contributed by atoms with van der Waals surface area (Å²) in [5, 5.41) is 8.56. The molecule has 0 aromatic heterocycles. The Bertz CT molecular complexity index is 1680. The lowest BCUT2D eigenvalue weighted by Crippen LogP contribution is -2.63. The minimum atomic E-state index is -3.83. The fraction of sp³-hybridized carbons (Fsp3) is 0.875. The number of likely N-dealkylation sites (tertiary alicyclic amines) is 1. The molecule has 308 valence electrons. The van der Waals surface area contributed by atoms with Crippen LogP contribution < -0.4 is 20.7 Å². The zero-order chi connectivity index (χ0) is 39.8. The second-order valence-corrected chi connectivity index (χ2v) is 21.5. The standard InChI is InChI=1S/C40H64N6O8S/c1-7-26-22-40(26,34(50)44-55(52,53)27-14-15-27)43-31(47)28-23-39(37(5,6)38(39)16-11-17-38)24-46(28)33(49)30(36(2,3)4)42-32(48)29(25-12-9-8-10-13-25)41-35(51)45-18-20-54-21-19-45/h25-30H,7-24H2,1-6H3,(H,41,51)(H,42,48)(H,43,47)(H,44,50)/t26-,28+,29+,30-,39-,40-/m1/s1. The van der Waals surface area contributed by atoms with Gasteiger partial charge >= 0.3 is 6.03 Å². The van der Waals surface area contributed by atoms with Crippen LogP contribution in [0.2, 0.25) is 0 Å². The number of nitrogens with zero attached hydrogens (tertiary/aromatic N) is 2. The molecule has 55 heavy (non-hydrogen) atoms. The first-order valence-electron chi connectivity index (χ1n) is 21.0. The number of morpholine rings is 1. The SMILES string of the molecule is CC[C@@H]1C[C@]1(NC(=O)[C@@H]1C[C@@]2(CN1C(=O)[C@@H](NC(=O)[C@@H](NC(=O)N1CCOCC1)C1CCCCC1)C(C)(C)C)C(C)(C)C21CCC1)C(=O)NS(=O)(=O)C1CC1. The molecule has 0 bridgehead atoms. The molecule has 4 N–H and O–H groups in total. The van der Waals surface area contributed by atoms with E-state index in [0.717, 1.165) is 51.4 Å². The maximum Gasteiger partial charge on any atom is 0.318 e. The maximum absolute atomic E-state index is 15.1. The van der Waals surface area contributed by atoms with Crippen LogP contribution in [-0.4, -0.2) is 110 Å². The summed E-state index contributed by atoms with van der Waals surface area (Å²) in [5.74, 6) is -2.25. The molecule has 6 amide bonds. The summed E-state index contributed by atoms with van der Waals surface area (Å²) in [6, 6.07) is -3.07. The second kappa shape index (κ2) is 14.2. The molecule has 2 spiro atoms. The van der Waals surface area contributed by atoms with Crippen LogP contribution >= 0.6 is 0 Å². The Balaban J connectivity index is 1.15. The third-order valence-corrected chi connectivity index (χ3v) is 17.1. The van der Waals surface area contributed by atoms with Gasteiger partial charge in [-0.05, 0) is 79.4 Å². The lowest BCUT2D eigenvalue weighted by molar-refractivity contribution is -0.145. The van der Waals surface area contributed by atoms with E-state index in [1.54, 1.807) is 9.80 Å². The Morgan fingerprint density at radius 2 is 1.53 bits per heavy atom. The molecular formula is C40H64N6O8S. The minimum absolute atomic E-state index is 0.00281. The molecule has 2 heterocycles. The van der Waals surface area contributed by atoms with Crippen LogP contribution in [0.4, 0.5) is 4.79 Å². The van der Waals surface area contributed by atoms with E-state index in [1.807, 2.05) is 27.7 Å². The van der Waals surface area contributed by atoms with Crippen LogP contribution in [0.15, 0.2) is 0 Å². The number of sulfonamides is 1. The van der Waals surface area contributed by atoms with Crippen molar-refractivity contribution in [2.24, 2.45) is 33.5 Å². The van der Waals surface area contributed by atoms with Gasteiger partial charge in [-0.2, -0.15) is 0 Å². The highest BCUT2D eigenvalue weighted by Gasteiger charge is 2.85. The molecule has 5 aliphatic carbocycles. The van der Waals surface area contributed by atoms with Crippen molar-refractivity contribution in [2.45, 2.75) is 154 Å². The highest BCUT2D eigenvalue weighted by Crippen LogP contribution is 2.88. The molecule has 2 aliphatic heterocycles. The van der Waals surface area contributed by atoms with E-state index < -0.39 is 62.1 Å². The van der Waals surface area contributed by atoms with Gasteiger partial charge in [0.15, 0.2) is 0 Å². The van der Waals surface area contributed by atoms with Crippen molar-refractivity contribution >= 4 is 39.7 Å². The van der Waals surface area contributed by atoms with Gasteiger partial charge in [-0.1, -0.05) is 73.6 Å². The smallest absolute Gasteiger partial charge is 0.318 e. The monoisotopic (exact) mass is 788 g/mol. The van der Waals surface area contributed by atoms with Crippen molar-refractivity contribution in [3.05, 3.63) is 0 Å². The fourth-order valence-electron chi connectivity index (χ4n) is 11.3. The van der Waals surface area contributed by atoms with Crippen molar-refractivity contribution in [3.8, 4) is 0 Å². The topological polar surface area (TPSA) is 183 Å². The van der Waals surface area contributed by atoms with Crippen LogP contribution in [0.25, 0.3) is 0 Å². The largest absolute Gasteiger partial charge is 0.378 e. The van der Waals surface area contributed by atoms with Gasteiger partial charge in [0, 0.05) is 25.0 Å². The van der Waals surface area contributed by atoms with Gasteiger partial charge in [0.2, 0.25) is 27.7 Å². The number of urea groups is 1. The Kier molecular flexibility index (Phi) is 10.4. The lowest BCUT2D eigenvalue weighted by atomic mass is 9.73. The van der Waals surface area contributed by atoms with E-state index >= 15 is 4.79 Å². The van der Waals surface area contributed by atoms with Crippen LogP contribution in [0.3, 0.4) is 0 Å². The van der Waals surface area contributed by atoms with Crippen LogP contribution in [-0.2, 0) is 33.9 Å². The number of nitrogens with one attached hydrogen (secondary N) is 4. The van der Waals surface area contributed by atoms with E-state index in [9.17, 15) is 27.6 Å². The number of rotatable bonds is 11. The molecule has 14 nitrogen and oxygen atoms in total. The molecular weight excluding hydrogens is 725 g/mol. The zero-order valence-electron chi connectivity index (χ0n) is 33.8. The van der Waals surface area contributed by atoms with Crippen molar-refractivity contribution in [1.82, 2.24) is 30.5 Å². The van der Waals surface area contributed by atoms with E-state index in [2.05, 4.69) is 34.5 Å². The summed E-state index contributed by atoms with van der Waals surface area (Å²) in [5.41, 5.74) is -2.55. The Morgan fingerprint density at radius 3 is 2.05 bits per heavy atom. The zero-order valence-corrected chi connectivity index (χ0v) is 34.6. The fourth-order valence-corrected chi connectivity index (χ4v) is 12.6. The highest BCUT2D eigenvalue weighted by molar-refractivity contribution is 7.91. The third-order valence-electron chi connectivity index (χ3n) is 15.3. The number of hydrogen-bond donors (Lipinski definition) is 4. The minimum Gasteiger partial charge on any atom is -0.378 e. The van der Waals surface area contributed by atoms with Crippen LogP contribution in [0.1, 0.15) is 125 Å². The summed E-state index contributed by atoms with van der Waals surface area (Å²) >= 11 is 0. The molecule has 0 aromatic carbocycles. The number of ether oxygens (including phenoxy) is 1. The number of carbonyl (C=O) groups excluding carboxylic acids is 5. The number of amides is 6. The van der Waals surface area contributed by atoms with Crippen molar-refractivity contribution < 1.29 is 37.1 Å². The van der Waals surface area contributed by atoms with Crippen molar-refractivity contribution in [3.63, 3.8) is 0 Å². The molecule has 0 aromatic rings. The number of carbonyl (C=O) groups is 5. The molecule has 0 radical (unpaired) electrons. The summed E-state index contributed by atoms with van der Waals surface area (Å²) in [7, 11) is -3.83. The van der Waals surface area contributed by atoms with Gasteiger partial charge in [-0.25, -0.2) is 13.2 Å². The Morgan fingerprint density at radius 1 is 0.873 bits per heavy atom. The summed E-state index contributed by atoms with van der Waals surface area (Å²) in [6.45, 7) is 14.1. The van der Waals surface area contributed by atoms with Gasteiger partial charge in [0.25, 0.3) is 5.91 Å². The van der Waals surface area contributed by atoms with E-state index in [0.29, 0.717) is 65.0 Å². The molecule has 5 saturated carbocycles. The Hall–Kier alpha value is -2.94. The summed E-state index contributed by atoms with van der Waals surface area (Å²) in [6.07, 6.45) is 10.0. The summed E-state index contributed by atoms with van der Waals surface area (Å²) < 4.78 is 33.3. The first kappa shape index (κ1) is 40.3. The van der Waals surface area contributed by atoms with Gasteiger partial charge in [0.1, 0.15) is 23.7 Å². The number of hydrogen-bond acceptors (Lipinski definition) is 8. The molecule has 2 saturated heterocycles. The first-order valence-corrected chi connectivity index (χ1v) is 22.5. The average Bonchev–Trinajstić information content (AvgIpc) is 4.07. The van der Waals surface area contributed by atoms with Crippen molar-refractivity contribution in [1.29, 1.82) is 0 Å². The lowest BCUT2D eigenvalue weighted by Gasteiger charge is -2.38. The normalized spacial score (nSPS) is 32.3. The van der Waals surface area contributed by atoms with Crippen molar-refractivity contribution in [2.75, 3.05) is 32.8 Å². The molecule has 0 unspecified atom stereocenters. The third kappa shape index (κ3) is 6.84. The van der Waals surface area contributed by atoms with E-state index in [4.69, 9.17) is 4.74 Å². The summed E-state index contributed by atoms with van der Waals surface area (Å²) in [4.78, 5) is 74.6. The molecule has 15 heteroatoms. The van der Waals surface area contributed by atoms with Gasteiger partial charge in [-0.3, -0.25) is 23.9 Å². The quantitative estimate of drug-likeness (QED) is 0.246. The first-order chi connectivity index (χ1) is 25.8. The molecule has 7 aliphatic rings. The maximum atomic E-state index is 15.1. The molecule has 7 fully saturated rings. The van der Waals surface area contributed by atoms with Gasteiger partial charge in [0.05, 0.1) is 18.5 Å². The predicted molar refractivity (Wildman–Crippen MR) is 205 cm³/mol. The Labute approximate surface area is 326 Å². The van der Waals surface area contributed by atoms with E-state index in [-0.39, 0.29) is 40.0 Å². The molecule has 7 rings (SSSR count). The second-order valence-electron chi connectivity index (χ2n) is 19.5. The molecule has 6 atom stereocenters. The highest BCUT2D eigenvalue weighted by atomic mass is 32.2. The average molecular weight is 789 g/mol.